The number of rotatable bonds is 6. The summed E-state index contributed by atoms with van der Waals surface area (Å²) in [7, 11) is -3.50. The SMILES string of the molecule is CCCC(C)(C)NS(=O)(=O)c1ccc(CO)cc1. The van der Waals surface area contributed by atoms with E-state index < -0.39 is 15.6 Å². The van der Waals surface area contributed by atoms with Gasteiger partial charge in [-0.1, -0.05) is 25.5 Å². The summed E-state index contributed by atoms with van der Waals surface area (Å²) in [6.07, 6.45) is 1.69. The lowest BCUT2D eigenvalue weighted by Gasteiger charge is -2.25. The lowest BCUT2D eigenvalue weighted by Crippen LogP contribution is -2.43. The predicted octanol–water partition coefficient (Wildman–Crippen LogP) is 2.04. The highest BCUT2D eigenvalue weighted by molar-refractivity contribution is 7.89. The van der Waals surface area contributed by atoms with Crippen molar-refractivity contribution in [2.75, 3.05) is 0 Å². The first-order valence-electron chi connectivity index (χ1n) is 6.04. The zero-order chi connectivity index (χ0) is 13.8. The Morgan fingerprint density at radius 3 is 2.22 bits per heavy atom. The van der Waals surface area contributed by atoms with E-state index in [9.17, 15) is 8.42 Å². The highest BCUT2D eigenvalue weighted by Gasteiger charge is 2.25. The van der Waals surface area contributed by atoms with Gasteiger partial charge in [0.25, 0.3) is 0 Å². The summed E-state index contributed by atoms with van der Waals surface area (Å²) in [5, 5.41) is 8.92. The maximum atomic E-state index is 12.1. The van der Waals surface area contributed by atoms with Crippen molar-refractivity contribution in [1.82, 2.24) is 4.72 Å². The molecule has 5 heteroatoms. The van der Waals surface area contributed by atoms with Gasteiger partial charge in [-0.05, 0) is 38.0 Å². The van der Waals surface area contributed by atoms with Gasteiger partial charge in [0, 0.05) is 5.54 Å². The van der Waals surface area contributed by atoms with Gasteiger partial charge >= 0.3 is 0 Å². The van der Waals surface area contributed by atoms with Crippen LogP contribution in [0, 0.1) is 0 Å². The Hall–Kier alpha value is -0.910. The van der Waals surface area contributed by atoms with E-state index in [4.69, 9.17) is 5.11 Å². The van der Waals surface area contributed by atoms with E-state index >= 15 is 0 Å². The summed E-state index contributed by atoms with van der Waals surface area (Å²) < 4.78 is 27.0. The molecule has 102 valence electrons. The molecule has 1 aromatic rings. The summed E-state index contributed by atoms with van der Waals surface area (Å²) in [4.78, 5) is 0.226. The quantitative estimate of drug-likeness (QED) is 0.832. The summed E-state index contributed by atoms with van der Waals surface area (Å²) in [5.74, 6) is 0. The standard InChI is InChI=1S/C13H21NO3S/c1-4-9-13(2,3)14-18(16,17)12-7-5-11(10-15)6-8-12/h5-8,14-15H,4,9-10H2,1-3H3. The van der Waals surface area contributed by atoms with Crippen LogP contribution in [0.5, 0.6) is 0 Å². The van der Waals surface area contributed by atoms with E-state index in [1.54, 1.807) is 12.1 Å². The molecule has 4 nitrogen and oxygen atoms in total. The molecule has 0 saturated carbocycles. The molecular weight excluding hydrogens is 250 g/mol. The molecule has 0 bridgehead atoms. The Bertz CT molecular complexity index is 477. The van der Waals surface area contributed by atoms with E-state index in [0.29, 0.717) is 5.56 Å². The third-order valence-electron chi connectivity index (χ3n) is 2.70. The minimum Gasteiger partial charge on any atom is -0.392 e. The van der Waals surface area contributed by atoms with Crippen LogP contribution >= 0.6 is 0 Å². The van der Waals surface area contributed by atoms with E-state index in [0.717, 1.165) is 12.8 Å². The van der Waals surface area contributed by atoms with Crippen LogP contribution in [0.15, 0.2) is 29.2 Å². The van der Waals surface area contributed by atoms with Gasteiger partial charge in [0.1, 0.15) is 0 Å². The average molecular weight is 271 g/mol. The smallest absolute Gasteiger partial charge is 0.241 e. The average Bonchev–Trinajstić information content (AvgIpc) is 2.27. The Balaban J connectivity index is 2.92. The first-order chi connectivity index (χ1) is 8.30. The topological polar surface area (TPSA) is 66.4 Å². The Morgan fingerprint density at radius 1 is 1.22 bits per heavy atom. The molecule has 0 aliphatic carbocycles. The molecular formula is C13H21NO3S. The van der Waals surface area contributed by atoms with Crippen LogP contribution < -0.4 is 4.72 Å². The van der Waals surface area contributed by atoms with Gasteiger partial charge in [0.2, 0.25) is 10.0 Å². The van der Waals surface area contributed by atoms with Gasteiger partial charge in [-0.15, -0.1) is 0 Å². The molecule has 0 spiro atoms. The Morgan fingerprint density at radius 2 is 1.78 bits per heavy atom. The molecule has 18 heavy (non-hydrogen) atoms. The van der Waals surface area contributed by atoms with Crippen molar-refractivity contribution in [2.24, 2.45) is 0 Å². The minimum atomic E-state index is -3.50. The minimum absolute atomic E-state index is 0.0882. The number of hydrogen-bond donors (Lipinski definition) is 2. The maximum absolute atomic E-state index is 12.1. The largest absolute Gasteiger partial charge is 0.392 e. The summed E-state index contributed by atoms with van der Waals surface area (Å²) in [6.45, 7) is 5.67. The molecule has 0 aromatic heterocycles. The van der Waals surface area contributed by atoms with Crippen LogP contribution in [-0.2, 0) is 16.6 Å². The first kappa shape index (κ1) is 15.1. The molecule has 0 heterocycles. The van der Waals surface area contributed by atoms with Gasteiger partial charge in [-0.25, -0.2) is 13.1 Å². The molecule has 0 radical (unpaired) electrons. The number of aliphatic hydroxyl groups excluding tert-OH is 1. The van der Waals surface area contributed by atoms with Crippen molar-refractivity contribution in [3.8, 4) is 0 Å². The van der Waals surface area contributed by atoms with E-state index in [2.05, 4.69) is 4.72 Å². The highest BCUT2D eigenvalue weighted by Crippen LogP contribution is 2.17. The lowest BCUT2D eigenvalue weighted by atomic mass is 10.0. The van der Waals surface area contributed by atoms with Crippen LogP contribution in [0.1, 0.15) is 39.2 Å². The van der Waals surface area contributed by atoms with Crippen LogP contribution in [0.25, 0.3) is 0 Å². The van der Waals surface area contributed by atoms with Crippen molar-refractivity contribution in [3.63, 3.8) is 0 Å². The van der Waals surface area contributed by atoms with Crippen LogP contribution in [0.2, 0.25) is 0 Å². The summed E-state index contributed by atoms with van der Waals surface area (Å²) in [6, 6.07) is 6.24. The summed E-state index contributed by atoms with van der Waals surface area (Å²) >= 11 is 0. The second-order valence-electron chi connectivity index (χ2n) is 5.04. The number of sulfonamides is 1. The van der Waals surface area contributed by atoms with Gasteiger partial charge < -0.3 is 5.11 Å². The molecule has 0 amide bonds. The Labute approximate surface area is 109 Å². The fourth-order valence-corrected chi connectivity index (χ4v) is 3.31. The number of benzene rings is 1. The highest BCUT2D eigenvalue weighted by atomic mass is 32.2. The summed E-state index contributed by atoms with van der Waals surface area (Å²) in [5.41, 5.74) is 0.241. The van der Waals surface area contributed by atoms with Crippen molar-refractivity contribution in [3.05, 3.63) is 29.8 Å². The van der Waals surface area contributed by atoms with Gasteiger partial charge in [-0.2, -0.15) is 0 Å². The van der Waals surface area contributed by atoms with Crippen LogP contribution in [0.4, 0.5) is 0 Å². The third kappa shape index (κ3) is 4.08. The zero-order valence-corrected chi connectivity index (χ0v) is 11.9. The third-order valence-corrected chi connectivity index (χ3v) is 4.42. The fourth-order valence-electron chi connectivity index (χ4n) is 1.87. The van der Waals surface area contributed by atoms with Gasteiger partial charge in [-0.3, -0.25) is 0 Å². The van der Waals surface area contributed by atoms with E-state index in [-0.39, 0.29) is 11.5 Å². The molecule has 1 rings (SSSR count). The van der Waals surface area contributed by atoms with Crippen LogP contribution in [-0.4, -0.2) is 19.1 Å². The van der Waals surface area contributed by atoms with E-state index in [1.165, 1.54) is 12.1 Å². The molecule has 2 N–H and O–H groups in total. The van der Waals surface area contributed by atoms with Crippen molar-refractivity contribution >= 4 is 10.0 Å². The number of hydrogen-bond acceptors (Lipinski definition) is 3. The van der Waals surface area contributed by atoms with Crippen molar-refractivity contribution < 1.29 is 13.5 Å². The normalized spacial score (nSPS) is 12.7. The molecule has 0 aliphatic heterocycles. The van der Waals surface area contributed by atoms with Gasteiger partial charge in [0.05, 0.1) is 11.5 Å². The van der Waals surface area contributed by atoms with E-state index in [1.807, 2.05) is 20.8 Å². The maximum Gasteiger partial charge on any atom is 0.241 e. The number of aliphatic hydroxyl groups is 1. The fraction of sp³-hybridized carbons (Fsp3) is 0.538. The lowest BCUT2D eigenvalue weighted by molar-refractivity contribution is 0.281. The molecule has 1 aromatic carbocycles. The monoisotopic (exact) mass is 271 g/mol. The second-order valence-corrected chi connectivity index (χ2v) is 6.72. The second kappa shape index (κ2) is 5.82. The zero-order valence-electron chi connectivity index (χ0n) is 11.1. The molecule has 0 saturated heterocycles. The number of nitrogens with one attached hydrogen (secondary N) is 1. The van der Waals surface area contributed by atoms with Crippen LogP contribution in [0.3, 0.4) is 0 Å². The molecule has 0 fully saturated rings. The Kier molecular flexibility index (Phi) is 4.90. The first-order valence-corrected chi connectivity index (χ1v) is 7.53. The molecule has 0 aliphatic rings. The van der Waals surface area contributed by atoms with Gasteiger partial charge in [0.15, 0.2) is 0 Å². The molecule has 0 unspecified atom stereocenters. The molecule has 0 atom stereocenters. The van der Waals surface area contributed by atoms with Crippen molar-refractivity contribution in [1.29, 1.82) is 0 Å². The predicted molar refractivity (Wildman–Crippen MR) is 71.7 cm³/mol. The van der Waals surface area contributed by atoms with Crippen molar-refractivity contribution in [2.45, 2.75) is 50.7 Å².